The van der Waals surface area contributed by atoms with Crippen molar-refractivity contribution in [2.45, 2.75) is 59.2 Å². The highest BCUT2D eigenvalue weighted by molar-refractivity contribution is 7.99. The van der Waals surface area contributed by atoms with Gasteiger partial charge in [0.25, 0.3) is 0 Å². The number of carbonyl (C=O) groups is 3. The number of hydrogen-bond acceptors (Lipinski definition) is 5. The highest BCUT2D eigenvalue weighted by Gasteiger charge is 2.28. The number of thioether (sulfide) groups is 1. The third-order valence-electron chi connectivity index (χ3n) is 4.23. The van der Waals surface area contributed by atoms with E-state index in [1.165, 1.54) is 11.8 Å². The summed E-state index contributed by atoms with van der Waals surface area (Å²) in [5, 5.41) is 5.50. The molecule has 0 unspecified atom stereocenters. The van der Waals surface area contributed by atoms with E-state index in [4.69, 9.17) is 4.74 Å². The monoisotopic (exact) mass is 422 g/mol. The van der Waals surface area contributed by atoms with Crippen LogP contribution in [0.25, 0.3) is 0 Å². The molecule has 0 radical (unpaired) electrons. The molecule has 0 bridgehead atoms. The van der Waals surface area contributed by atoms with Crippen LogP contribution < -0.4 is 10.6 Å². The minimum atomic E-state index is -0.755. The van der Waals surface area contributed by atoms with Gasteiger partial charge in [-0.25, -0.2) is 4.79 Å². The average Bonchev–Trinajstić information content (AvgIpc) is 2.65. The fourth-order valence-electron chi connectivity index (χ4n) is 2.87. The summed E-state index contributed by atoms with van der Waals surface area (Å²) >= 11 is 1.44. The second kappa shape index (κ2) is 13.2. The molecule has 0 fully saturated rings. The predicted octanol–water partition coefficient (Wildman–Crippen LogP) is 3.79. The van der Waals surface area contributed by atoms with Crippen LogP contribution >= 0.6 is 11.8 Å². The number of ether oxygens (including phenoxy) is 1. The fourth-order valence-corrected chi connectivity index (χ4v) is 3.35. The van der Waals surface area contributed by atoms with Crippen molar-refractivity contribution in [1.29, 1.82) is 0 Å². The smallest absolute Gasteiger partial charge is 0.408 e. The van der Waals surface area contributed by atoms with Crippen molar-refractivity contribution < 1.29 is 19.1 Å². The number of nitrogens with one attached hydrogen (secondary N) is 2. The second-order valence-electron chi connectivity index (χ2n) is 7.98. The predicted molar refractivity (Wildman–Crippen MR) is 118 cm³/mol. The van der Waals surface area contributed by atoms with Crippen LogP contribution in [0.3, 0.4) is 0 Å². The van der Waals surface area contributed by atoms with Gasteiger partial charge in [-0.2, -0.15) is 11.8 Å². The van der Waals surface area contributed by atoms with E-state index >= 15 is 0 Å². The molecule has 0 saturated heterocycles. The molecule has 0 saturated carbocycles. The molecule has 0 heterocycles. The van der Waals surface area contributed by atoms with E-state index in [9.17, 15) is 14.4 Å². The normalized spacial score (nSPS) is 13.1. The SMILES string of the molecule is CSCC(=O)[C@H](CC(C)C)NC(=O)[C@H](CC(C)C)NC(=O)OCc1ccccc1. The van der Waals surface area contributed by atoms with Gasteiger partial charge in [0, 0.05) is 0 Å². The Bertz CT molecular complexity index is 649. The summed E-state index contributed by atoms with van der Waals surface area (Å²) in [5.41, 5.74) is 0.868. The molecular formula is C22H34N2O4S. The van der Waals surface area contributed by atoms with Crippen LogP contribution in [0, 0.1) is 11.8 Å². The largest absolute Gasteiger partial charge is 0.445 e. The molecule has 2 amide bonds. The van der Waals surface area contributed by atoms with Crippen molar-refractivity contribution in [2.75, 3.05) is 12.0 Å². The minimum Gasteiger partial charge on any atom is -0.445 e. The molecule has 7 heteroatoms. The molecule has 0 aliphatic heterocycles. The van der Waals surface area contributed by atoms with Gasteiger partial charge in [-0.1, -0.05) is 58.0 Å². The van der Waals surface area contributed by atoms with Crippen molar-refractivity contribution in [2.24, 2.45) is 11.8 Å². The molecule has 2 atom stereocenters. The molecule has 29 heavy (non-hydrogen) atoms. The van der Waals surface area contributed by atoms with Gasteiger partial charge in [-0.3, -0.25) is 9.59 Å². The number of benzene rings is 1. The standard InChI is InChI=1S/C22H34N2O4S/c1-15(2)11-18(20(25)14-29-5)23-21(26)19(12-16(3)4)24-22(27)28-13-17-9-7-6-8-10-17/h6-10,15-16,18-19H,11-14H2,1-5H3,(H,23,26)(H,24,27)/t18-,19-/m0/s1. The summed E-state index contributed by atoms with van der Waals surface area (Å²) < 4.78 is 5.25. The van der Waals surface area contributed by atoms with E-state index in [0.717, 1.165) is 5.56 Å². The Kier molecular flexibility index (Phi) is 11.4. The summed E-state index contributed by atoms with van der Waals surface area (Å²) in [6.07, 6.45) is 2.23. The van der Waals surface area contributed by atoms with Crippen LogP contribution in [0.2, 0.25) is 0 Å². The Balaban J connectivity index is 2.74. The molecule has 1 rings (SSSR count). The van der Waals surface area contributed by atoms with E-state index < -0.39 is 18.2 Å². The van der Waals surface area contributed by atoms with Crippen LogP contribution in [0.4, 0.5) is 4.79 Å². The second-order valence-corrected chi connectivity index (χ2v) is 8.84. The van der Waals surface area contributed by atoms with Gasteiger partial charge in [0.15, 0.2) is 5.78 Å². The molecule has 6 nitrogen and oxygen atoms in total. The van der Waals surface area contributed by atoms with Crippen molar-refractivity contribution in [3.05, 3.63) is 35.9 Å². The summed E-state index contributed by atoms with van der Waals surface area (Å²) in [5.74, 6) is 0.438. The van der Waals surface area contributed by atoms with Crippen molar-refractivity contribution in [3.8, 4) is 0 Å². The van der Waals surface area contributed by atoms with Crippen molar-refractivity contribution in [3.63, 3.8) is 0 Å². The third-order valence-corrected chi connectivity index (χ3v) is 4.80. The molecule has 0 spiro atoms. The molecule has 1 aromatic rings. The first-order valence-corrected chi connectivity index (χ1v) is 11.4. The molecule has 0 aliphatic rings. The third kappa shape index (κ3) is 10.4. The van der Waals surface area contributed by atoms with Gasteiger partial charge in [0.1, 0.15) is 12.6 Å². The lowest BCUT2D eigenvalue weighted by molar-refractivity contribution is -0.128. The van der Waals surface area contributed by atoms with Crippen molar-refractivity contribution in [1.82, 2.24) is 10.6 Å². The molecular weight excluding hydrogens is 388 g/mol. The molecule has 0 aromatic heterocycles. The average molecular weight is 423 g/mol. The van der Waals surface area contributed by atoms with E-state index in [1.54, 1.807) is 0 Å². The Morgan fingerprint density at radius 3 is 2.07 bits per heavy atom. The molecule has 2 N–H and O–H groups in total. The lowest BCUT2D eigenvalue weighted by Crippen LogP contribution is -2.52. The Hall–Kier alpha value is -2.02. The Morgan fingerprint density at radius 1 is 0.931 bits per heavy atom. The molecule has 0 aliphatic carbocycles. The zero-order valence-electron chi connectivity index (χ0n) is 18.1. The first kappa shape index (κ1) is 25.0. The van der Waals surface area contributed by atoms with Gasteiger partial charge in [0.05, 0.1) is 11.8 Å². The minimum absolute atomic E-state index is 0.00509. The van der Waals surface area contributed by atoms with Crippen molar-refractivity contribution >= 4 is 29.5 Å². The van der Waals surface area contributed by atoms with Crippen LogP contribution in [0.15, 0.2) is 30.3 Å². The van der Waals surface area contributed by atoms with E-state index in [-0.39, 0.29) is 30.1 Å². The first-order valence-electron chi connectivity index (χ1n) is 10.0. The number of amides is 2. The summed E-state index contributed by atoms with van der Waals surface area (Å²) in [7, 11) is 0. The lowest BCUT2D eigenvalue weighted by atomic mass is 9.99. The fraction of sp³-hybridized carbons (Fsp3) is 0.591. The van der Waals surface area contributed by atoms with E-state index in [1.807, 2.05) is 64.3 Å². The van der Waals surface area contributed by atoms with E-state index in [0.29, 0.717) is 18.6 Å². The van der Waals surface area contributed by atoms with Gasteiger partial charge in [-0.05, 0) is 36.5 Å². The maximum atomic E-state index is 12.8. The maximum Gasteiger partial charge on any atom is 0.408 e. The van der Waals surface area contributed by atoms with Gasteiger partial charge >= 0.3 is 6.09 Å². The van der Waals surface area contributed by atoms with Crippen LogP contribution in [-0.4, -0.2) is 41.9 Å². The number of rotatable bonds is 12. The quantitative estimate of drug-likeness (QED) is 0.535. The molecule has 1 aromatic carbocycles. The van der Waals surface area contributed by atoms with Gasteiger partial charge in [-0.15, -0.1) is 0 Å². The van der Waals surface area contributed by atoms with E-state index in [2.05, 4.69) is 10.6 Å². The van der Waals surface area contributed by atoms with Gasteiger partial charge in [0.2, 0.25) is 5.91 Å². The summed E-state index contributed by atoms with van der Waals surface area (Å²) in [6.45, 7) is 8.10. The maximum absolute atomic E-state index is 12.8. The van der Waals surface area contributed by atoms with Crippen LogP contribution in [0.5, 0.6) is 0 Å². The highest BCUT2D eigenvalue weighted by atomic mass is 32.2. The van der Waals surface area contributed by atoms with Gasteiger partial charge < -0.3 is 15.4 Å². The zero-order valence-corrected chi connectivity index (χ0v) is 18.9. The number of hydrogen-bond donors (Lipinski definition) is 2. The Labute approximate surface area is 178 Å². The van der Waals surface area contributed by atoms with Crippen LogP contribution in [0.1, 0.15) is 46.1 Å². The topological polar surface area (TPSA) is 84.5 Å². The zero-order chi connectivity index (χ0) is 21.8. The highest BCUT2D eigenvalue weighted by Crippen LogP contribution is 2.11. The number of Topliss-reactive ketones (excluding diaryl/α,β-unsaturated/α-hetero) is 1. The van der Waals surface area contributed by atoms with Crippen LogP contribution in [-0.2, 0) is 20.9 Å². The summed E-state index contributed by atoms with van der Waals surface area (Å²) in [4.78, 5) is 37.5. The molecule has 162 valence electrons. The number of ketones is 1. The Morgan fingerprint density at radius 2 is 1.52 bits per heavy atom. The first-order chi connectivity index (χ1) is 13.7. The number of alkyl carbamates (subject to hydrolysis) is 1. The summed E-state index contributed by atoms with van der Waals surface area (Å²) in [6, 6.07) is 8.04. The number of carbonyl (C=O) groups excluding carboxylic acids is 3. The lowest BCUT2D eigenvalue weighted by Gasteiger charge is -2.24.